The summed E-state index contributed by atoms with van der Waals surface area (Å²) < 4.78 is 2.07. The van der Waals surface area contributed by atoms with E-state index in [4.69, 9.17) is 0 Å². The Morgan fingerprint density at radius 3 is 2.48 bits per heavy atom. The third-order valence-corrected chi connectivity index (χ3v) is 6.23. The molecule has 2 heterocycles. The second-order valence-electron chi connectivity index (χ2n) is 7.56. The molecular weight excluding hydrogens is 404 g/mol. The summed E-state index contributed by atoms with van der Waals surface area (Å²) in [5, 5.41) is 9.34. The number of ketones is 1. The smallest absolute Gasteiger partial charge is 0.192 e. The second kappa shape index (κ2) is 9.27. The minimum absolute atomic E-state index is 0.103. The highest BCUT2D eigenvalue weighted by Crippen LogP contribution is 2.29. The highest BCUT2D eigenvalue weighted by molar-refractivity contribution is 8.00. The molecule has 0 radical (unpaired) electrons. The van der Waals surface area contributed by atoms with E-state index in [-0.39, 0.29) is 11.0 Å². The fraction of sp³-hybridized carbons (Fsp3) is 0.200. The molecule has 4 rings (SSSR count). The number of thioether (sulfide) groups is 1. The molecule has 0 aliphatic heterocycles. The molecule has 0 fully saturated rings. The van der Waals surface area contributed by atoms with Gasteiger partial charge in [0.1, 0.15) is 0 Å². The molecule has 0 N–H and O–H groups in total. The van der Waals surface area contributed by atoms with Crippen molar-refractivity contribution >= 4 is 17.5 Å². The van der Waals surface area contributed by atoms with Gasteiger partial charge < -0.3 is 0 Å². The summed E-state index contributed by atoms with van der Waals surface area (Å²) in [4.78, 5) is 17.3. The van der Waals surface area contributed by atoms with E-state index in [0.29, 0.717) is 6.54 Å². The van der Waals surface area contributed by atoms with Crippen molar-refractivity contribution in [1.29, 1.82) is 0 Å². The van der Waals surface area contributed by atoms with Crippen LogP contribution >= 0.6 is 11.8 Å². The van der Waals surface area contributed by atoms with E-state index in [2.05, 4.69) is 31.9 Å². The maximum atomic E-state index is 13.2. The van der Waals surface area contributed by atoms with E-state index in [0.717, 1.165) is 38.8 Å². The maximum Gasteiger partial charge on any atom is 0.192 e. The summed E-state index contributed by atoms with van der Waals surface area (Å²) in [6.45, 7) is 6.54. The van der Waals surface area contributed by atoms with Crippen LogP contribution in [0, 0.1) is 13.8 Å². The van der Waals surface area contributed by atoms with E-state index in [1.807, 2.05) is 69.3 Å². The molecule has 156 valence electrons. The normalized spacial score (nSPS) is 12.0. The van der Waals surface area contributed by atoms with Crippen molar-refractivity contribution in [3.05, 3.63) is 95.3 Å². The Balaban J connectivity index is 1.67. The number of aromatic nitrogens is 4. The molecule has 1 atom stereocenters. The van der Waals surface area contributed by atoms with Crippen LogP contribution in [0.15, 0.2) is 78.2 Å². The van der Waals surface area contributed by atoms with Crippen molar-refractivity contribution in [3.63, 3.8) is 0 Å². The molecule has 2 aromatic heterocycles. The molecule has 0 spiro atoms. The third kappa shape index (κ3) is 4.75. The molecule has 0 saturated heterocycles. The van der Waals surface area contributed by atoms with E-state index >= 15 is 0 Å². The molecule has 0 amide bonds. The van der Waals surface area contributed by atoms with Crippen LogP contribution in [0.4, 0.5) is 0 Å². The molecule has 0 aliphatic carbocycles. The van der Waals surface area contributed by atoms with Crippen molar-refractivity contribution in [2.75, 3.05) is 0 Å². The standard InChI is InChI=1S/C25H24N4OS/c1-17-9-10-18(2)22(15-17)23(30)19(3)31-25-28-27-24(21-11-13-26-14-12-21)29(25)16-20-7-5-4-6-8-20/h4-15,19H,16H2,1-3H3. The van der Waals surface area contributed by atoms with E-state index < -0.39 is 0 Å². The zero-order valence-corrected chi connectivity index (χ0v) is 18.6. The fourth-order valence-corrected chi connectivity index (χ4v) is 4.35. The van der Waals surface area contributed by atoms with Crippen molar-refractivity contribution in [2.45, 2.75) is 37.7 Å². The molecule has 1 unspecified atom stereocenters. The van der Waals surface area contributed by atoms with Gasteiger partial charge in [-0.25, -0.2) is 0 Å². The van der Waals surface area contributed by atoms with E-state index in [1.54, 1.807) is 12.4 Å². The van der Waals surface area contributed by atoms with Crippen molar-refractivity contribution in [3.8, 4) is 11.4 Å². The molecule has 0 bridgehead atoms. The van der Waals surface area contributed by atoms with Gasteiger partial charge in [0.25, 0.3) is 0 Å². The van der Waals surface area contributed by atoms with Crippen molar-refractivity contribution in [2.24, 2.45) is 0 Å². The zero-order valence-electron chi connectivity index (χ0n) is 17.8. The molecule has 6 heteroatoms. The first-order valence-corrected chi connectivity index (χ1v) is 11.1. The Kier molecular flexibility index (Phi) is 6.28. The van der Waals surface area contributed by atoms with Crippen LogP contribution in [-0.4, -0.2) is 30.8 Å². The number of pyridine rings is 1. The lowest BCUT2D eigenvalue weighted by atomic mass is 10.0. The quantitative estimate of drug-likeness (QED) is 0.293. The largest absolute Gasteiger partial charge is 0.298 e. The molecule has 5 nitrogen and oxygen atoms in total. The summed E-state index contributed by atoms with van der Waals surface area (Å²) in [5.41, 5.74) is 4.93. The third-order valence-electron chi connectivity index (χ3n) is 5.15. The fourth-order valence-electron chi connectivity index (χ4n) is 3.43. The van der Waals surface area contributed by atoms with Gasteiger partial charge in [-0.1, -0.05) is 59.8 Å². The van der Waals surface area contributed by atoms with Gasteiger partial charge in [-0.3, -0.25) is 14.3 Å². The van der Waals surface area contributed by atoms with Crippen LogP contribution < -0.4 is 0 Å². The van der Waals surface area contributed by atoms with Gasteiger partial charge in [0, 0.05) is 23.5 Å². The second-order valence-corrected chi connectivity index (χ2v) is 8.86. The molecule has 31 heavy (non-hydrogen) atoms. The lowest BCUT2D eigenvalue weighted by Crippen LogP contribution is -2.16. The van der Waals surface area contributed by atoms with E-state index in [9.17, 15) is 4.79 Å². The highest BCUT2D eigenvalue weighted by Gasteiger charge is 2.23. The molecular formula is C25H24N4OS. The van der Waals surface area contributed by atoms with Crippen LogP contribution in [-0.2, 0) is 6.54 Å². The first-order chi connectivity index (χ1) is 15.0. The Labute approximate surface area is 186 Å². The minimum Gasteiger partial charge on any atom is -0.298 e. The Hall–Kier alpha value is -3.25. The van der Waals surface area contributed by atoms with Gasteiger partial charge in [-0.05, 0) is 50.1 Å². The van der Waals surface area contributed by atoms with Crippen LogP contribution in [0.2, 0.25) is 0 Å². The maximum absolute atomic E-state index is 13.2. The topological polar surface area (TPSA) is 60.7 Å². The van der Waals surface area contributed by atoms with E-state index in [1.165, 1.54) is 11.8 Å². The molecule has 4 aromatic rings. The SMILES string of the molecule is Cc1ccc(C)c(C(=O)C(C)Sc2nnc(-c3ccncc3)n2Cc2ccccc2)c1. The predicted molar refractivity (Wildman–Crippen MR) is 124 cm³/mol. The van der Waals surface area contributed by atoms with Crippen LogP contribution in [0.1, 0.15) is 34.0 Å². The van der Waals surface area contributed by atoms with Gasteiger partial charge in [-0.15, -0.1) is 10.2 Å². The lowest BCUT2D eigenvalue weighted by molar-refractivity contribution is 0.0993. The Bertz CT molecular complexity index is 1190. The number of hydrogen-bond acceptors (Lipinski definition) is 5. The number of carbonyl (C=O) groups is 1. The van der Waals surface area contributed by atoms with Crippen molar-refractivity contribution in [1.82, 2.24) is 19.7 Å². The van der Waals surface area contributed by atoms with Gasteiger partial charge in [0.2, 0.25) is 0 Å². The lowest BCUT2D eigenvalue weighted by Gasteiger charge is -2.14. The average molecular weight is 429 g/mol. The van der Waals surface area contributed by atoms with Crippen LogP contribution in [0.25, 0.3) is 11.4 Å². The summed E-state index contributed by atoms with van der Waals surface area (Å²) in [5.74, 6) is 0.867. The summed E-state index contributed by atoms with van der Waals surface area (Å²) in [6.07, 6.45) is 3.49. The molecule has 2 aromatic carbocycles. The number of aryl methyl sites for hydroxylation is 2. The van der Waals surface area contributed by atoms with Crippen LogP contribution in [0.5, 0.6) is 0 Å². The van der Waals surface area contributed by atoms with Gasteiger partial charge in [0.15, 0.2) is 16.8 Å². The summed E-state index contributed by atoms with van der Waals surface area (Å²) in [7, 11) is 0. The molecule has 0 aliphatic rings. The Morgan fingerprint density at radius 2 is 1.74 bits per heavy atom. The number of benzene rings is 2. The number of nitrogens with zero attached hydrogens (tertiary/aromatic N) is 4. The number of rotatable bonds is 7. The Morgan fingerprint density at radius 1 is 1.00 bits per heavy atom. The van der Waals surface area contributed by atoms with Crippen molar-refractivity contribution < 1.29 is 4.79 Å². The zero-order chi connectivity index (χ0) is 21.8. The average Bonchev–Trinajstić information content (AvgIpc) is 3.18. The number of Topliss-reactive ketones (excluding diaryl/α,β-unsaturated/α-hetero) is 1. The highest BCUT2D eigenvalue weighted by atomic mass is 32.2. The van der Waals surface area contributed by atoms with Gasteiger partial charge in [0.05, 0.1) is 11.8 Å². The summed E-state index contributed by atoms with van der Waals surface area (Å²) in [6, 6.07) is 20.0. The minimum atomic E-state index is -0.287. The predicted octanol–water partition coefficient (Wildman–Crippen LogP) is 5.37. The summed E-state index contributed by atoms with van der Waals surface area (Å²) >= 11 is 1.45. The first-order valence-electron chi connectivity index (χ1n) is 10.2. The number of carbonyl (C=O) groups excluding carboxylic acids is 1. The first kappa shape index (κ1) is 21.0. The monoisotopic (exact) mass is 428 g/mol. The number of hydrogen-bond donors (Lipinski definition) is 0. The molecule has 0 saturated carbocycles. The van der Waals surface area contributed by atoms with Gasteiger partial charge >= 0.3 is 0 Å². The van der Waals surface area contributed by atoms with Gasteiger partial charge in [-0.2, -0.15) is 0 Å². The van der Waals surface area contributed by atoms with Crippen LogP contribution in [0.3, 0.4) is 0 Å².